The van der Waals surface area contributed by atoms with E-state index < -0.39 is 0 Å². The van der Waals surface area contributed by atoms with Crippen molar-refractivity contribution in [1.29, 1.82) is 0 Å². The summed E-state index contributed by atoms with van der Waals surface area (Å²) in [6.07, 6.45) is 32.3. The van der Waals surface area contributed by atoms with E-state index in [4.69, 9.17) is 0 Å². The number of hydrogen-bond donors (Lipinski definition) is 0. The lowest BCUT2D eigenvalue weighted by molar-refractivity contribution is -0.0280. The molecule has 3 saturated carbocycles. The van der Waals surface area contributed by atoms with Crippen molar-refractivity contribution in [2.45, 2.75) is 142 Å². The summed E-state index contributed by atoms with van der Waals surface area (Å²) in [5.41, 5.74) is 0.775. The maximum Gasteiger partial charge on any atom is -0.0238 e. The molecule has 0 spiro atoms. The Bertz CT molecular complexity index is 352. The van der Waals surface area contributed by atoms with Gasteiger partial charge in [0, 0.05) is 0 Å². The van der Waals surface area contributed by atoms with Gasteiger partial charge in [-0.2, -0.15) is 0 Å². The van der Waals surface area contributed by atoms with Gasteiger partial charge in [0.1, 0.15) is 0 Å². The Morgan fingerprint density at radius 3 is 1.92 bits per heavy atom. The van der Waals surface area contributed by atoms with E-state index in [2.05, 4.69) is 6.92 Å². The van der Waals surface area contributed by atoms with Gasteiger partial charge in [0.2, 0.25) is 0 Å². The van der Waals surface area contributed by atoms with Crippen LogP contribution in [0.5, 0.6) is 0 Å². The zero-order valence-corrected chi connectivity index (χ0v) is 18.1. The van der Waals surface area contributed by atoms with Gasteiger partial charge in [0.05, 0.1) is 0 Å². The van der Waals surface area contributed by atoms with Gasteiger partial charge in [-0.1, -0.05) is 110 Å². The zero-order valence-electron chi connectivity index (χ0n) is 18.1. The fourth-order valence-electron chi connectivity index (χ4n) is 7.47. The third-order valence-corrected chi connectivity index (χ3v) is 8.78. The second kappa shape index (κ2) is 11.1. The molecule has 0 amide bonds. The highest BCUT2D eigenvalue weighted by Crippen LogP contribution is 2.58. The predicted octanol–water partition coefficient (Wildman–Crippen LogP) is 9.07. The van der Waals surface area contributed by atoms with Crippen molar-refractivity contribution in [3.05, 3.63) is 0 Å². The smallest absolute Gasteiger partial charge is 0.0238 e. The van der Waals surface area contributed by atoms with Gasteiger partial charge in [-0.3, -0.25) is 0 Å². The Morgan fingerprint density at radius 2 is 1.23 bits per heavy atom. The molecule has 0 bridgehead atoms. The minimum Gasteiger partial charge on any atom is -0.0654 e. The fourth-order valence-corrected chi connectivity index (χ4v) is 7.47. The highest BCUT2D eigenvalue weighted by atomic mass is 14.5. The summed E-state index contributed by atoms with van der Waals surface area (Å²) in [6.45, 7) is 2.34. The zero-order chi connectivity index (χ0) is 18.1. The summed E-state index contributed by atoms with van der Waals surface area (Å²) < 4.78 is 0. The molecule has 0 N–H and O–H groups in total. The maximum absolute atomic E-state index is 2.34. The Hall–Kier alpha value is 0. The molecule has 3 aliphatic carbocycles. The molecule has 152 valence electrons. The molecule has 0 aliphatic heterocycles. The first-order valence-electron chi connectivity index (χ1n) is 12.9. The first-order chi connectivity index (χ1) is 12.9. The summed E-state index contributed by atoms with van der Waals surface area (Å²) in [4.78, 5) is 0. The van der Waals surface area contributed by atoms with E-state index in [1.807, 2.05) is 0 Å². The van der Waals surface area contributed by atoms with Gasteiger partial charge in [0.25, 0.3) is 0 Å². The molecule has 1 unspecified atom stereocenters. The Balaban J connectivity index is 1.66. The molecule has 0 nitrogen and oxygen atoms in total. The fraction of sp³-hybridized carbons (Fsp3) is 1.00. The minimum absolute atomic E-state index is 0.775. The van der Waals surface area contributed by atoms with Gasteiger partial charge in [0.15, 0.2) is 0 Å². The highest BCUT2D eigenvalue weighted by molar-refractivity contribution is 4.98. The average molecular weight is 361 g/mol. The van der Waals surface area contributed by atoms with Crippen molar-refractivity contribution in [2.75, 3.05) is 0 Å². The lowest BCUT2D eigenvalue weighted by Crippen LogP contribution is -2.43. The number of unbranched alkanes of at least 4 members (excludes halogenated alkanes) is 5. The van der Waals surface area contributed by atoms with E-state index >= 15 is 0 Å². The Kier molecular flexibility index (Phi) is 8.86. The summed E-state index contributed by atoms with van der Waals surface area (Å²) in [7, 11) is 0. The summed E-state index contributed by atoms with van der Waals surface area (Å²) >= 11 is 0. The van der Waals surface area contributed by atoms with Crippen LogP contribution in [0.4, 0.5) is 0 Å². The normalized spacial score (nSPS) is 26.2. The first-order valence-corrected chi connectivity index (χ1v) is 12.9. The molecule has 3 rings (SSSR count). The largest absolute Gasteiger partial charge is 0.0654 e. The van der Waals surface area contributed by atoms with E-state index in [0.29, 0.717) is 0 Å². The third kappa shape index (κ3) is 5.29. The lowest BCUT2D eigenvalue weighted by atomic mass is 9.52. The monoisotopic (exact) mass is 360 g/mol. The van der Waals surface area contributed by atoms with E-state index in [1.165, 1.54) is 44.9 Å². The van der Waals surface area contributed by atoms with Crippen molar-refractivity contribution in [3.63, 3.8) is 0 Å². The van der Waals surface area contributed by atoms with Crippen LogP contribution in [0.15, 0.2) is 0 Å². The molecule has 26 heavy (non-hydrogen) atoms. The van der Waals surface area contributed by atoms with Crippen molar-refractivity contribution in [2.24, 2.45) is 23.2 Å². The number of hydrogen-bond acceptors (Lipinski definition) is 0. The van der Waals surface area contributed by atoms with Gasteiger partial charge < -0.3 is 0 Å². The Labute approximate surface area is 165 Å². The van der Waals surface area contributed by atoms with Crippen LogP contribution in [-0.2, 0) is 0 Å². The molecule has 3 fully saturated rings. The molecule has 0 aromatic rings. The predicted molar refractivity (Wildman–Crippen MR) is 116 cm³/mol. The van der Waals surface area contributed by atoms with Gasteiger partial charge in [-0.05, 0) is 55.3 Å². The standard InChI is InChI=1S/C26H48/c1-2-3-4-5-6-11-20-25(23-16-12-13-17-23)26(21-14-8-15-22-26)24-18-9-7-10-19-24/h23-25H,2-22H2,1H3. The average Bonchev–Trinajstić information content (AvgIpc) is 3.23. The quantitative estimate of drug-likeness (QED) is 0.341. The molecule has 0 radical (unpaired) electrons. The summed E-state index contributed by atoms with van der Waals surface area (Å²) in [5.74, 6) is 3.30. The summed E-state index contributed by atoms with van der Waals surface area (Å²) in [5, 5.41) is 0. The molecule has 0 heteroatoms. The maximum atomic E-state index is 2.34. The highest BCUT2D eigenvalue weighted by Gasteiger charge is 2.48. The van der Waals surface area contributed by atoms with Crippen molar-refractivity contribution >= 4 is 0 Å². The van der Waals surface area contributed by atoms with Crippen LogP contribution >= 0.6 is 0 Å². The minimum atomic E-state index is 0.775. The second-order valence-corrected chi connectivity index (χ2v) is 10.3. The molecular weight excluding hydrogens is 312 g/mol. The third-order valence-electron chi connectivity index (χ3n) is 8.78. The van der Waals surface area contributed by atoms with E-state index in [9.17, 15) is 0 Å². The lowest BCUT2D eigenvalue weighted by Gasteiger charge is -2.53. The molecule has 1 atom stereocenters. The van der Waals surface area contributed by atoms with Crippen molar-refractivity contribution in [1.82, 2.24) is 0 Å². The van der Waals surface area contributed by atoms with Crippen molar-refractivity contribution in [3.8, 4) is 0 Å². The topological polar surface area (TPSA) is 0 Å². The van der Waals surface area contributed by atoms with Crippen LogP contribution in [0.25, 0.3) is 0 Å². The van der Waals surface area contributed by atoms with Crippen LogP contribution in [0.3, 0.4) is 0 Å². The molecule has 0 aromatic carbocycles. The van der Waals surface area contributed by atoms with E-state index in [0.717, 1.165) is 23.2 Å². The van der Waals surface area contributed by atoms with Crippen molar-refractivity contribution < 1.29 is 0 Å². The first kappa shape index (κ1) is 20.7. The molecule has 0 aromatic heterocycles. The van der Waals surface area contributed by atoms with Crippen LogP contribution in [-0.4, -0.2) is 0 Å². The molecule has 3 aliphatic rings. The molecular formula is C26H48. The van der Waals surface area contributed by atoms with E-state index in [1.54, 1.807) is 89.9 Å². The SMILES string of the molecule is CCCCCCCCC(C1CCCC1)C1(C2CCCCC2)CCCCC1. The van der Waals surface area contributed by atoms with E-state index in [-0.39, 0.29) is 0 Å². The van der Waals surface area contributed by atoms with Gasteiger partial charge in [-0.25, -0.2) is 0 Å². The van der Waals surface area contributed by atoms with Crippen LogP contribution in [0, 0.1) is 23.2 Å². The van der Waals surface area contributed by atoms with Gasteiger partial charge in [-0.15, -0.1) is 0 Å². The van der Waals surface area contributed by atoms with Crippen LogP contribution in [0.1, 0.15) is 142 Å². The van der Waals surface area contributed by atoms with Crippen LogP contribution in [0.2, 0.25) is 0 Å². The summed E-state index contributed by atoms with van der Waals surface area (Å²) in [6, 6.07) is 0. The molecule has 0 heterocycles. The van der Waals surface area contributed by atoms with Gasteiger partial charge >= 0.3 is 0 Å². The molecule has 0 saturated heterocycles. The number of rotatable bonds is 10. The Morgan fingerprint density at radius 1 is 0.654 bits per heavy atom. The second-order valence-electron chi connectivity index (χ2n) is 10.3. The van der Waals surface area contributed by atoms with Crippen LogP contribution < -0.4 is 0 Å².